The molecule has 0 saturated carbocycles. The fourth-order valence-electron chi connectivity index (χ4n) is 5.81. The molecule has 3 aromatic carbocycles. The van der Waals surface area contributed by atoms with E-state index in [0.29, 0.717) is 11.7 Å². The third-order valence-electron chi connectivity index (χ3n) is 6.93. The van der Waals surface area contributed by atoms with Crippen LogP contribution in [0.4, 0.5) is 5.69 Å². The van der Waals surface area contributed by atoms with Crippen molar-refractivity contribution in [3.63, 3.8) is 0 Å². The molecule has 0 fully saturated rings. The number of benzene rings is 3. The molecule has 152 valence electrons. The Labute approximate surface area is 178 Å². The Morgan fingerprint density at radius 3 is 1.83 bits per heavy atom. The molecule has 2 atom stereocenters. The number of hydrogen-bond donors (Lipinski definition) is 1. The van der Waals surface area contributed by atoms with Gasteiger partial charge in [-0.3, -0.25) is 4.79 Å². The minimum atomic E-state index is -0.121. The monoisotopic (exact) mass is 397 g/mol. The molecule has 3 aromatic rings. The number of methoxy groups -OCH3 is 1. The van der Waals surface area contributed by atoms with Crippen LogP contribution in [0.25, 0.3) is 0 Å². The molecule has 3 aliphatic rings. The topological polar surface area (TPSA) is 38.3 Å². The van der Waals surface area contributed by atoms with Gasteiger partial charge in [0, 0.05) is 11.8 Å². The van der Waals surface area contributed by atoms with Crippen molar-refractivity contribution in [3.05, 3.63) is 95.1 Å². The fraction of sp³-hybridized carbons (Fsp3) is 0.296. The number of para-hydroxylation sites is 2. The number of fused-ring (bicyclic) bond motifs is 1. The van der Waals surface area contributed by atoms with Crippen molar-refractivity contribution < 1.29 is 9.53 Å². The molecule has 0 aromatic heterocycles. The van der Waals surface area contributed by atoms with Gasteiger partial charge in [-0.25, -0.2) is 0 Å². The maximum atomic E-state index is 13.8. The molecule has 1 amide bonds. The average Bonchev–Trinajstić information content (AvgIpc) is 2.78. The van der Waals surface area contributed by atoms with Crippen LogP contribution in [0.5, 0.6) is 5.75 Å². The normalized spacial score (nSPS) is 23.6. The third-order valence-corrected chi connectivity index (χ3v) is 6.93. The summed E-state index contributed by atoms with van der Waals surface area (Å²) in [5, 5.41) is 3.20. The van der Waals surface area contributed by atoms with Gasteiger partial charge in [0.2, 0.25) is 5.91 Å². The van der Waals surface area contributed by atoms with E-state index in [1.165, 1.54) is 22.3 Å². The van der Waals surface area contributed by atoms with E-state index in [2.05, 4.69) is 67.7 Å². The number of ether oxygens (including phenoxy) is 1. The van der Waals surface area contributed by atoms with E-state index in [4.69, 9.17) is 4.74 Å². The maximum Gasteiger partial charge on any atom is 0.228 e. The van der Waals surface area contributed by atoms with Crippen molar-refractivity contribution in [1.82, 2.24) is 0 Å². The lowest BCUT2D eigenvalue weighted by atomic mass is 9.52. The summed E-state index contributed by atoms with van der Waals surface area (Å²) in [6, 6.07) is 25.0. The molecule has 0 radical (unpaired) electrons. The summed E-state index contributed by atoms with van der Waals surface area (Å²) >= 11 is 0. The number of carbonyl (C=O) groups is 1. The van der Waals surface area contributed by atoms with Crippen molar-refractivity contribution in [2.24, 2.45) is 17.8 Å². The van der Waals surface area contributed by atoms with Crippen molar-refractivity contribution in [2.45, 2.75) is 25.7 Å². The van der Waals surface area contributed by atoms with E-state index in [1.807, 2.05) is 24.3 Å². The molecule has 3 nitrogen and oxygen atoms in total. The van der Waals surface area contributed by atoms with Crippen LogP contribution in [0.2, 0.25) is 0 Å². The lowest BCUT2D eigenvalue weighted by Crippen LogP contribution is -2.47. The van der Waals surface area contributed by atoms with Gasteiger partial charge in [0.25, 0.3) is 0 Å². The lowest BCUT2D eigenvalue weighted by Gasteiger charge is -2.51. The maximum absolute atomic E-state index is 13.8. The third kappa shape index (κ3) is 2.76. The Hall–Kier alpha value is -3.07. The van der Waals surface area contributed by atoms with Crippen LogP contribution in [0, 0.1) is 17.8 Å². The first-order valence-corrected chi connectivity index (χ1v) is 10.7. The lowest BCUT2D eigenvalue weighted by molar-refractivity contribution is -0.123. The molecule has 0 aliphatic heterocycles. The molecule has 0 saturated heterocycles. The standard InChI is InChI=1S/C27H27NO2/c1-16(2)23-24-17-10-4-6-12-19(17)25(20-13-7-5-11-18(20)24)26(23)27(29)28-21-14-8-9-15-22(21)30-3/h4-16,23-26H,1-3H3,(H,28,29)/t23-,24?,25?,26+/m1/s1. The zero-order chi connectivity index (χ0) is 20.8. The summed E-state index contributed by atoms with van der Waals surface area (Å²) < 4.78 is 5.47. The van der Waals surface area contributed by atoms with Crippen LogP contribution in [-0.2, 0) is 4.79 Å². The summed E-state index contributed by atoms with van der Waals surface area (Å²) in [5.41, 5.74) is 6.12. The van der Waals surface area contributed by atoms with Gasteiger partial charge in [-0.15, -0.1) is 0 Å². The Balaban J connectivity index is 1.64. The summed E-state index contributed by atoms with van der Waals surface area (Å²) in [6.07, 6.45) is 0. The summed E-state index contributed by atoms with van der Waals surface area (Å²) in [7, 11) is 1.64. The van der Waals surface area contributed by atoms with Gasteiger partial charge in [-0.05, 0) is 46.2 Å². The van der Waals surface area contributed by atoms with Gasteiger partial charge in [0.05, 0.1) is 18.7 Å². The van der Waals surface area contributed by atoms with E-state index < -0.39 is 0 Å². The van der Waals surface area contributed by atoms with Gasteiger partial charge in [0.1, 0.15) is 5.75 Å². The minimum Gasteiger partial charge on any atom is -0.495 e. The molecule has 1 N–H and O–H groups in total. The molecule has 0 unspecified atom stereocenters. The number of amides is 1. The number of anilines is 1. The molecular formula is C27H27NO2. The number of rotatable bonds is 4. The summed E-state index contributed by atoms with van der Waals surface area (Å²) in [5.74, 6) is 1.60. The van der Waals surface area contributed by atoms with Crippen LogP contribution in [0.1, 0.15) is 47.9 Å². The quantitative estimate of drug-likeness (QED) is 0.603. The van der Waals surface area contributed by atoms with Crippen LogP contribution in [-0.4, -0.2) is 13.0 Å². The van der Waals surface area contributed by atoms with Crippen molar-refractivity contribution in [3.8, 4) is 5.75 Å². The first kappa shape index (κ1) is 18.9. The fourth-order valence-corrected chi connectivity index (χ4v) is 5.81. The Kier molecular flexibility index (Phi) is 4.62. The molecule has 0 spiro atoms. The SMILES string of the molecule is COc1ccccc1NC(=O)[C@@H]1C2c3ccccc3C(c3ccccc32)[C@H]1C(C)C. The second-order valence-electron chi connectivity index (χ2n) is 8.75. The molecule has 3 aliphatic carbocycles. The first-order valence-electron chi connectivity index (χ1n) is 10.7. The van der Waals surface area contributed by atoms with Gasteiger partial charge in [-0.2, -0.15) is 0 Å². The number of carbonyl (C=O) groups excluding carboxylic acids is 1. The van der Waals surface area contributed by atoms with Crippen LogP contribution < -0.4 is 10.1 Å². The zero-order valence-electron chi connectivity index (χ0n) is 17.6. The van der Waals surface area contributed by atoms with Crippen LogP contribution >= 0.6 is 0 Å². The van der Waals surface area contributed by atoms with Gasteiger partial charge >= 0.3 is 0 Å². The highest BCUT2D eigenvalue weighted by atomic mass is 16.5. The highest BCUT2D eigenvalue weighted by Crippen LogP contribution is 2.60. The number of nitrogens with one attached hydrogen (secondary N) is 1. The van der Waals surface area contributed by atoms with E-state index in [0.717, 1.165) is 5.69 Å². The van der Waals surface area contributed by atoms with Crippen LogP contribution in [0.3, 0.4) is 0 Å². The zero-order valence-corrected chi connectivity index (χ0v) is 17.6. The molecule has 30 heavy (non-hydrogen) atoms. The van der Waals surface area contributed by atoms with E-state index >= 15 is 0 Å². The summed E-state index contributed by atoms with van der Waals surface area (Å²) in [6.45, 7) is 4.50. The molecule has 3 heteroatoms. The Bertz CT molecular complexity index is 1060. The smallest absolute Gasteiger partial charge is 0.228 e. The Morgan fingerprint density at radius 2 is 1.30 bits per heavy atom. The molecule has 0 heterocycles. The number of hydrogen-bond acceptors (Lipinski definition) is 2. The van der Waals surface area contributed by atoms with E-state index in [-0.39, 0.29) is 29.6 Å². The second kappa shape index (κ2) is 7.32. The van der Waals surface area contributed by atoms with Gasteiger partial charge < -0.3 is 10.1 Å². The second-order valence-corrected chi connectivity index (χ2v) is 8.75. The average molecular weight is 398 g/mol. The van der Waals surface area contributed by atoms with E-state index in [1.54, 1.807) is 7.11 Å². The van der Waals surface area contributed by atoms with Gasteiger partial charge in [0.15, 0.2) is 0 Å². The molecular weight excluding hydrogens is 370 g/mol. The van der Waals surface area contributed by atoms with E-state index in [9.17, 15) is 4.79 Å². The minimum absolute atomic E-state index is 0.0736. The highest BCUT2D eigenvalue weighted by molar-refractivity contribution is 5.96. The predicted molar refractivity (Wildman–Crippen MR) is 120 cm³/mol. The van der Waals surface area contributed by atoms with Crippen LogP contribution in [0.15, 0.2) is 72.8 Å². The highest BCUT2D eigenvalue weighted by Gasteiger charge is 2.53. The largest absolute Gasteiger partial charge is 0.495 e. The molecule has 6 rings (SSSR count). The Morgan fingerprint density at radius 1 is 0.800 bits per heavy atom. The van der Waals surface area contributed by atoms with Crippen molar-refractivity contribution in [1.29, 1.82) is 0 Å². The van der Waals surface area contributed by atoms with Crippen molar-refractivity contribution >= 4 is 11.6 Å². The van der Waals surface area contributed by atoms with Crippen molar-refractivity contribution in [2.75, 3.05) is 12.4 Å². The predicted octanol–water partition coefficient (Wildman–Crippen LogP) is 5.81. The first-order chi connectivity index (χ1) is 14.6. The van der Waals surface area contributed by atoms with Gasteiger partial charge in [-0.1, -0.05) is 74.5 Å². The molecule has 2 bridgehead atoms. The summed E-state index contributed by atoms with van der Waals surface area (Å²) in [4.78, 5) is 13.8.